The predicted octanol–water partition coefficient (Wildman–Crippen LogP) is 3.31. The summed E-state index contributed by atoms with van der Waals surface area (Å²) in [5, 5.41) is 13.9. The maximum atomic E-state index is 10.7. The van der Waals surface area contributed by atoms with Crippen molar-refractivity contribution in [2.75, 3.05) is 11.9 Å². The molecule has 1 N–H and O–H groups in total. The molecule has 21 heavy (non-hydrogen) atoms. The van der Waals surface area contributed by atoms with Crippen LogP contribution >= 0.6 is 0 Å². The van der Waals surface area contributed by atoms with Gasteiger partial charge in [0.2, 0.25) is 5.88 Å². The Hall–Kier alpha value is -2.70. The van der Waals surface area contributed by atoms with Crippen molar-refractivity contribution in [3.05, 3.63) is 46.3 Å². The summed E-state index contributed by atoms with van der Waals surface area (Å²) in [4.78, 5) is 18.7. The molecule has 1 aromatic heterocycles. The fraction of sp³-hybridized carbons (Fsp3) is 0.286. The third-order valence-corrected chi connectivity index (χ3v) is 2.62. The summed E-state index contributed by atoms with van der Waals surface area (Å²) < 4.78 is 5.58. The third kappa shape index (κ3) is 4.13. The second-order valence-electron chi connectivity index (χ2n) is 4.42. The normalized spacial score (nSPS) is 10.2. The van der Waals surface area contributed by atoms with Crippen LogP contribution in [0.5, 0.6) is 11.6 Å². The third-order valence-electron chi connectivity index (χ3n) is 2.62. The molecule has 0 fully saturated rings. The van der Waals surface area contributed by atoms with Gasteiger partial charge in [0.25, 0.3) is 5.69 Å². The van der Waals surface area contributed by atoms with Crippen LogP contribution in [-0.2, 0) is 0 Å². The molecule has 1 aromatic carbocycles. The first-order chi connectivity index (χ1) is 10.1. The predicted molar refractivity (Wildman–Crippen MR) is 78.7 cm³/mol. The van der Waals surface area contributed by atoms with Gasteiger partial charge in [-0.15, -0.1) is 0 Å². The Kier molecular flexibility index (Phi) is 4.65. The first-order valence-electron chi connectivity index (χ1n) is 6.60. The number of aromatic nitrogens is 2. The smallest absolute Gasteiger partial charge is 0.273 e. The average molecular weight is 288 g/mol. The summed E-state index contributed by atoms with van der Waals surface area (Å²) in [6, 6.07) is 7.64. The molecule has 0 atom stereocenters. The number of non-ortho nitro benzene ring substituents is 1. The molecule has 0 spiro atoms. The Bertz CT molecular complexity index is 646. The van der Waals surface area contributed by atoms with Gasteiger partial charge >= 0.3 is 0 Å². The van der Waals surface area contributed by atoms with E-state index < -0.39 is 4.92 Å². The molecule has 0 amide bonds. The zero-order chi connectivity index (χ0) is 15.2. The monoisotopic (exact) mass is 288 g/mol. The van der Waals surface area contributed by atoms with E-state index in [2.05, 4.69) is 22.2 Å². The number of anilines is 1. The molecule has 0 bridgehead atoms. The van der Waals surface area contributed by atoms with Crippen LogP contribution in [0.15, 0.2) is 30.3 Å². The fourth-order valence-electron chi connectivity index (χ4n) is 1.72. The summed E-state index contributed by atoms with van der Waals surface area (Å²) in [5.74, 6) is 1.95. The molecule has 2 rings (SSSR count). The summed E-state index contributed by atoms with van der Waals surface area (Å²) in [5.41, 5.74) is -0.0254. The van der Waals surface area contributed by atoms with Crippen LogP contribution in [0.2, 0.25) is 0 Å². The molecule has 110 valence electrons. The van der Waals surface area contributed by atoms with Crippen molar-refractivity contribution >= 4 is 11.5 Å². The fourth-order valence-corrected chi connectivity index (χ4v) is 1.72. The Morgan fingerprint density at radius 3 is 2.86 bits per heavy atom. The molecule has 0 aliphatic rings. The number of ether oxygens (including phenoxy) is 1. The Balaban J connectivity index is 2.20. The van der Waals surface area contributed by atoms with Gasteiger partial charge in [0.05, 0.1) is 11.0 Å². The largest absolute Gasteiger partial charge is 0.439 e. The van der Waals surface area contributed by atoms with Crippen LogP contribution in [-0.4, -0.2) is 21.4 Å². The van der Waals surface area contributed by atoms with Crippen LogP contribution in [0.3, 0.4) is 0 Å². The zero-order valence-corrected chi connectivity index (χ0v) is 11.9. The van der Waals surface area contributed by atoms with Crippen molar-refractivity contribution in [2.24, 2.45) is 0 Å². The molecule has 0 saturated carbocycles. The lowest BCUT2D eigenvalue weighted by Gasteiger charge is -2.08. The number of nitro groups is 1. The SMILES string of the molecule is CCCNc1cc(Oc2cccc([N+](=O)[O-])c2)nc(C)n1. The lowest BCUT2D eigenvalue weighted by molar-refractivity contribution is -0.384. The zero-order valence-electron chi connectivity index (χ0n) is 11.9. The molecular formula is C14H16N4O3. The van der Waals surface area contributed by atoms with Crippen molar-refractivity contribution in [2.45, 2.75) is 20.3 Å². The summed E-state index contributed by atoms with van der Waals surface area (Å²) in [7, 11) is 0. The Morgan fingerprint density at radius 1 is 1.33 bits per heavy atom. The van der Waals surface area contributed by atoms with Gasteiger partial charge < -0.3 is 10.1 Å². The van der Waals surface area contributed by atoms with Gasteiger partial charge in [-0.1, -0.05) is 13.0 Å². The highest BCUT2D eigenvalue weighted by molar-refractivity contribution is 5.42. The van der Waals surface area contributed by atoms with E-state index in [1.165, 1.54) is 12.1 Å². The molecule has 1 heterocycles. The molecule has 0 aliphatic heterocycles. The van der Waals surface area contributed by atoms with Crippen molar-refractivity contribution in [1.82, 2.24) is 9.97 Å². The van der Waals surface area contributed by atoms with Crippen LogP contribution < -0.4 is 10.1 Å². The standard InChI is InChI=1S/C14H16N4O3/c1-3-7-15-13-9-14(17-10(2)16-13)21-12-6-4-5-11(8-12)18(19)20/h4-6,8-9H,3,7H2,1-2H3,(H,15,16,17). The number of hydrogen-bond acceptors (Lipinski definition) is 6. The van der Waals surface area contributed by atoms with Crippen molar-refractivity contribution in [3.8, 4) is 11.6 Å². The minimum atomic E-state index is -0.466. The summed E-state index contributed by atoms with van der Waals surface area (Å²) in [6.07, 6.45) is 0.976. The van der Waals surface area contributed by atoms with Gasteiger partial charge in [-0.25, -0.2) is 4.98 Å². The topological polar surface area (TPSA) is 90.2 Å². The molecule has 7 heteroatoms. The van der Waals surface area contributed by atoms with E-state index in [1.807, 2.05) is 0 Å². The van der Waals surface area contributed by atoms with Gasteiger partial charge in [0.15, 0.2) is 0 Å². The Labute approximate surface area is 122 Å². The van der Waals surface area contributed by atoms with Crippen LogP contribution in [0.4, 0.5) is 11.5 Å². The maximum Gasteiger partial charge on any atom is 0.273 e. The highest BCUT2D eigenvalue weighted by Crippen LogP contribution is 2.25. The van der Waals surface area contributed by atoms with E-state index >= 15 is 0 Å². The molecule has 2 aromatic rings. The van der Waals surface area contributed by atoms with Crippen molar-refractivity contribution in [1.29, 1.82) is 0 Å². The molecular weight excluding hydrogens is 272 g/mol. The summed E-state index contributed by atoms with van der Waals surface area (Å²) >= 11 is 0. The Morgan fingerprint density at radius 2 is 2.14 bits per heavy atom. The minimum Gasteiger partial charge on any atom is -0.439 e. The first-order valence-corrected chi connectivity index (χ1v) is 6.60. The second-order valence-corrected chi connectivity index (χ2v) is 4.42. The van der Waals surface area contributed by atoms with E-state index in [0.717, 1.165) is 13.0 Å². The minimum absolute atomic E-state index is 0.0254. The molecule has 7 nitrogen and oxygen atoms in total. The van der Waals surface area contributed by atoms with Crippen LogP contribution in [0, 0.1) is 17.0 Å². The van der Waals surface area contributed by atoms with Crippen molar-refractivity contribution < 1.29 is 9.66 Å². The van der Waals surface area contributed by atoms with Gasteiger partial charge in [-0.05, 0) is 19.4 Å². The molecule has 0 radical (unpaired) electrons. The number of aryl methyl sites for hydroxylation is 1. The molecule has 0 unspecified atom stereocenters. The van der Waals surface area contributed by atoms with Gasteiger partial charge in [-0.2, -0.15) is 4.98 Å². The first kappa shape index (κ1) is 14.7. The van der Waals surface area contributed by atoms with Gasteiger partial charge in [0.1, 0.15) is 17.4 Å². The number of rotatable bonds is 6. The number of nitrogens with one attached hydrogen (secondary N) is 1. The molecule has 0 saturated heterocycles. The number of nitrogens with zero attached hydrogens (tertiary/aromatic N) is 3. The highest BCUT2D eigenvalue weighted by atomic mass is 16.6. The van der Waals surface area contributed by atoms with Crippen LogP contribution in [0.1, 0.15) is 19.2 Å². The lowest BCUT2D eigenvalue weighted by Crippen LogP contribution is -2.04. The molecule has 0 aliphatic carbocycles. The lowest BCUT2D eigenvalue weighted by atomic mass is 10.3. The maximum absolute atomic E-state index is 10.7. The van der Waals surface area contributed by atoms with E-state index in [1.54, 1.807) is 25.1 Å². The second kappa shape index (κ2) is 6.65. The highest BCUT2D eigenvalue weighted by Gasteiger charge is 2.09. The number of benzene rings is 1. The van der Waals surface area contributed by atoms with Crippen LogP contribution in [0.25, 0.3) is 0 Å². The van der Waals surface area contributed by atoms with E-state index in [0.29, 0.717) is 23.3 Å². The van der Waals surface area contributed by atoms with E-state index in [9.17, 15) is 10.1 Å². The number of nitro benzene ring substituents is 1. The van der Waals surface area contributed by atoms with E-state index in [4.69, 9.17) is 4.74 Å². The summed E-state index contributed by atoms with van der Waals surface area (Å²) in [6.45, 7) is 4.62. The van der Waals surface area contributed by atoms with Crippen molar-refractivity contribution in [3.63, 3.8) is 0 Å². The van der Waals surface area contributed by atoms with Gasteiger partial charge in [0, 0.05) is 18.7 Å². The number of hydrogen-bond donors (Lipinski definition) is 1. The van der Waals surface area contributed by atoms with E-state index in [-0.39, 0.29) is 5.69 Å². The average Bonchev–Trinajstić information content (AvgIpc) is 2.45. The van der Waals surface area contributed by atoms with Gasteiger partial charge in [-0.3, -0.25) is 10.1 Å². The quantitative estimate of drug-likeness (QED) is 0.647.